The molecule has 0 aliphatic carbocycles. The first-order valence-electron chi connectivity index (χ1n) is 12.3. The Morgan fingerprint density at radius 1 is 1.08 bits per heavy atom. The average molecular weight is 482 g/mol. The van der Waals surface area contributed by atoms with Crippen LogP contribution in [-0.2, 0) is 13.6 Å². The van der Waals surface area contributed by atoms with Gasteiger partial charge in [-0.15, -0.1) is 0 Å². The molecule has 2 aromatic carbocycles. The highest BCUT2D eigenvalue weighted by molar-refractivity contribution is 6.07. The number of hydrogen-bond acceptors (Lipinski definition) is 5. The number of likely N-dealkylation sites (tertiary alicyclic amines) is 1. The Balaban J connectivity index is 1.46. The van der Waals surface area contributed by atoms with Gasteiger partial charge in [0.15, 0.2) is 5.82 Å². The maximum Gasteiger partial charge on any atom is 0.262 e. The van der Waals surface area contributed by atoms with E-state index in [2.05, 4.69) is 44.6 Å². The first kappa shape index (κ1) is 23.7. The normalized spacial score (nSPS) is 14.1. The van der Waals surface area contributed by atoms with Gasteiger partial charge in [0.1, 0.15) is 11.4 Å². The molecule has 0 unspecified atom stereocenters. The number of carbonyl (C=O) groups is 1. The Morgan fingerprint density at radius 3 is 2.50 bits per heavy atom. The maximum absolute atomic E-state index is 13.2. The Kier molecular flexibility index (Phi) is 6.77. The highest BCUT2D eigenvalue weighted by Gasteiger charge is 2.19. The van der Waals surface area contributed by atoms with E-state index in [1.54, 1.807) is 22.6 Å². The molecule has 1 amide bonds. The third kappa shape index (κ3) is 4.99. The van der Waals surface area contributed by atoms with E-state index in [9.17, 15) is 4.79 Å². The Labute approximate surface area is 211 Å². The number of aryl methyl sites for hydroxylation is 2. The molecule has 36 heavy (non-hydrogen) atoms. The van der Waals surface area contributed by atoms with E-state index >= 15 is 0 Å². The molecule has 1 aliphatic heterocycles. The van der Waals surface area contributed by atoms with Crippen LogP contribution in [0.3, 0.4) is 0 Å². The third-order valence-corrected chi connectivity index (χ3v) is 6.49. The molecular weight excluding hydrogens is 450 g/mol. The van der Waals surface area contributed by atoms with Gasteiger partial charge >= 0.3 is 0 Å². The number of aromatic nitrogens is 4. The second-order valence-corrected chi connectivity index (χ2v) is 9.19. The fourth-order valence-corrected chi connectivity index (χ4v) is 4.52. The SMILES string of the molecule is CC=Nc1c(C(=O)Nc2cc(-c3ccc(CN4CCCC4)cc3)nn2-c2ccc(C)cc2)cnn1C. The number of benzene rings is 2. The molecule has 184 valence electrons. The van der Waals surface area contributed by atoms with Gasteiger partial charge in [-0.2, -0.15) is 10.2 Å². The van der Waals surface area contributed by atoms with Gasteiger partial charge < -0.3 is 5.32 Å². The Hall–Kier alpha value is -4.04. The van der Waals surface area contributed by atoms with E-state index < -0.39 is 0 Å². The zero-order chi connectivity index (χ0) is 25.1. The molecule has 0 spiro atoms. The van der Waals surface area contributed by atoms with Crippen LogP contribution in [0, 0.1) is 6.92 Å². The lowest BCUT2D eigenvalue weighted by atomic mass is 10.1. The zero-order valence-corrected chi connectivity index (χ0v) is 21.0. The summed E-state index contributed by atoms with van der Waals surface area (Å²) in [6.45, 7) is 7.18. The van der Waals surface area contributed by atoms with Gasteiger partial charge in [0.2, 0.25) is 0 Å². The summed E-state index contributed by atoms with van der Waals surface area (Å²) in [5.74, 6) is 0.796. The second-order valence-electron chi connectivity index (χ2n) is 9.19. The molecule has 1 saturated heterocycles. The van der Waals surface area contributed by atoms with Crippen LogP contribution >= 0.6 is 0 Å². The van der Waals surface area contributed by atoms with Crippen LogP contribution in [0.1, 0.15) is 41.3 Å². The summed E-state index contributed by atoms with van der Waals surface area (Å²) in [6.07, 6.45) is 5.75. The first-order valence-corrected chi connectivity index (χ1v) is 12.3. The lowest BCUT2D eigenvalue weighted by Gasteiger charge is -2.14. The van der Waals surface area contributed by atoms with Crippen LogP contribution in [0.2, 0.25) is 0 Å². The second kappa shape index (κ2) is 10.3. The Bertz CT molecular complexity index is 1370. The van der Waals surface area contributed by atoms with E-state index in [0.717, 1.165) is 29.1 Å². The summed E-state index contributed by atoms with van der Waals surface area (Å²) in [7, 11) is 1.77. The number of nitrogens with zero attached hydrogens (tertiary/aromatic N) is 6. The van der Waals surface area contributed by atoms with E-state index in [-0.39, 0.29) is 5.91 Å². The van der Waals surface area contributed by atoms with Crippen molar-refractivity contribution in [2.75, 3.05) is 18.4 Å². The minimum absolute atomic E-state index is 0.288. The summed E-state index contributed by atoms with van der Waals surface area (Å²) in [6, 6.07) is 18.5. The van der Waals surface area contributed by atoms with Crippen molar-refractivity contribution in [2.45, 2.75) is 33.2 Å². The van der Waals surface area contributed by atoms with Crippen LogP contribution in [0.25, 0.3) is 16.9 Å². The molecule has 0 radical (unpaired) electrons. The quantitative estimate of drug-likeness (QED) is 0.370. The lowest BCUT2D eigenvalue weighted by Crippen LogP contribution is -2.18. The molecule has 5 rings (SSSR count). The van der Waals surface area contributed by atoms with Crippen LogP contribution in [0.4, 0.5) is 11.6 Å². The van der Waals surface area contributed by atoms with Crippen molar-refractivity contribution < 1.29 is 4.79 Å². The van der Waals surface area contributed by atoms with Crippen molar-refractivity contribution in [2.24, 2.45) is 12.0 Å². The molecule has 4 aromatic rings. The van der Waals surface area contributed by atoms with Crippen molar-refractivity contribution in [3.05, 3.63) is 77.5 Å². The smallest absolute Gasteiger partial charge is 0.262 e. The highest BCUT2D eigenvalue weighted by Crippen LogP contribution is 2.27. The van der Waals surface area contributed by atoms with Gasteiger partial charge in [0.05, 0.1) is 17.6 Å². The van der Waals surface area contributed by atoms with Gasteiger partial charge in [-0.05, 0) is 57.5 Å². The van der Waals surface area contributed by atoms with Crippen LogP contribution in [0.5, 0.6) is 0 Å². The number of nitrogens with one attached hydrogen (secondary N) is 1. The molecule has 0 atom stereocenters. The standard InChI is InChI=1S/C28H31N7O/c1-4-29-27-24(18-30-33(27)3)28(36)31-26-17-25(32-35(26)23-13-7-20(2)8-14-23)22-11-9-21(10-12-22)19-34-15-5-6-16-34/h4,7-14,17-18H,5-6,15-16,19H2,1-3H3,(H,31,36). The molecule has 1 N–H and O–H groups in total. The third-order valence-electron chi connectivity index (χ3n) is 6.49. The molecule has 1 aliphatic rings. The number of amides is 1. The first-order chi connectivity index (χ1) is 17.5. The summed E-state index contributed by atoms with van der Waals surface area (Å²) < 4.78 is 3.35. The predicted octanol–water partition coefficient (Wildman–Crippen LogP) is 5.15. The minimum Gasteiger partial charge on any atom is -0.306 e. The van der Waals surface area contributed by atoms with E-state index in [1.807, 2.05) is 44.2 Å². The fourth-order valence-electron chi connectivity index (χ4n) is 4.52. The van der Waals surface area contributed by atoms with Crippen molar-refractivity contribution in [1.29, 1.82) is 0 Å². The lowest BCUT2D eigenvalue weighted by molar-refractivity contribution is 0.102. The summed E-state index contributed by atoms with van der Waals surface area (Å²) in [4.78, 5) is 20.0. The minimum atomic E-state index is -0.288. The highest BCUT2D eigenvalue weighted by atomic mass is 16.1. The maximum atomic E-state index is 13.2. The summed E-state index contributed by atoms with van der Waals surface area (Å²) in [5, 5.41) is 12.1. The molecule has 3 heterocycles. The van der Waals surface area contributed by atoms with Crippen LogP contribution in [-0.4, -0.2) is 49.7 Å². The molecular formula is C28H31N7O. The van der Waals surface area contributed by atoms with Crippen LogP contribution in [0.15, 0.2) is 65.8 Å². The number of hydrogen-bond donors (Lipinski definition) is 1. The van der Waals surface area contributed by atoms with E-state index in [4.69, 9.17) is 5.10 Å². The molecule has 1 fully saturated rings. The Morgan fingerprint density at radius 2 is 1.81 bits per heavy atom. The average Bonchev–Trinajstić information content (AvgIpc) is 3.62. The van der Waals surface area contributed by atoms with E-state index in [1.165, 1.54) is 37.7 Å². The van der Waals surface area contributed by atoms with Crippen molar-refractivity contribution in [3.63, 3.8) is 0 Å². The number of aliphatic imine (C=N–C) groups is 1. The molecule has 0 saturated carbocycles. The molecule has 2 aromatic heterocycles. The van der Waals surface area contributed by atoms with Gasteiger partial charge in [-0.25, -0.2) is 9.67 Å². The van der Waals surface area contributed by atoms with Gasteiger partial charge in [0, 0.05) is 31.4 Å². The topological polar surface area (TPSA) is 80.3 Å². The molecule has 8 nitrogen and oxygen atoms in total. The molecule has 8 heteroatoms. The zero-order valence-electron chi connectivity index (χ0n) is 21.0. The van der Waals surface area contributed by atoms with Gasteiger partial charge in [0.25, 0.3) is 5.91 Å². The fraction of sp³-hybridized carbons (Fsp3) is 0.286. The van der Waals surface area contributed by atoms with Crippen LogP contribution < -0.4 is 5.32 Å². The number of rotatable bonds is 7. The van der Waals surface area contributed by atoms with Crippen molar-refractivity contribution in [3.8, 4) is 16.9 Å². The predicted molar refractivity (Wildman–Crippen MR) is 143 cm³/mol. The van der Waals surface area contributed by atoms with Crippen molar-refractivity contribution in [1.82, 2.24) is 24.5 Å². The number of carbonyl (C=O) groups excluding carboxylic acids is 1. The molecule has 0 bridgehead atoms. The van der Waals surface area contributed by atoms with Crippen molar-refractivity contribution >= 4 is 23.8 Å². The number of anilines is 1. The summed E-state index contributed by atoms with van der Waals surface area (Å²) in [5.41, 5.74) is 5.51. The monoisotopic (exact) mass is 481 g/mol. The van der Waals surface area contributed by atoms with Gasteiger partial charge in [-0.3, -0.25) is 14.4 Å². The van der Waals surface area contributed by atoms with Gasteiger partial charge in [-0.1, -0.05) is 42.0 Å². The largest absolute Gasteiger partial charge is 0.306 e. The summed E-state index contributed by atoms with van der Waals surface area (Å²) >= 11 is 0. The van der Waals surface area contributed by atoms with E-state index in [0.29, 0.717) is 17.2 Å².